The van der Waals surface area contributed by atoms with Crippen molar-refractivity contribution in [1.82, 2.24) is 9.71 Å². The van der Waals surface area contributed by atoms with Crippen molar-refractivity contribution < 1.29 is 8.42 Å². The Morgan fingerprint density at radius 3 is 3.18 bits per heavy atom. The minimum absolute atomic E-state index is 0.189. The summed E-state index contributed by atoms with van der Waals surface area (Å²) in [6.45, 7) is 1.29. The van der Waals surface area contributed by atoms with Crippen molar-refractivity contribution >= 4 is 27.4 Å². The molecule has 2 aliphatic heterocycles. The Morgan fingerprint density at radius 1 is 1.53 bits per heavy atom. The lowest BCUT2D eigenvalue weighted by Crippen LogP contribution is -2.36. The maximum absolute atomic E-state index is 12.0. The number of hydrogen-bond acceptors (Lipinski definition) is 4. The summed E-state index contributed by atoms with van der Waals surface area (Å²) < 4.78 is 26.7. The molecule has 0 aromatic carbocycles. The van der Waals surface area contributed by atoms with Crippen LogP contribution >= 0.6 is 11.6 Å². The van der Waals surface area contributed by atoms with Gasteiger partial charge in [0, 0.05) is 25.3 Å². The van der Waals surface area contributed by atoms with Crippen molar-refractivity contribution in [2.75, 3.05) is 18.0 Å². The minimum Gasteiger partial charge on any atom is -0.351 e. The van der Waals surface area contributed by atoms with Crippen LogP contribution in [0.5, 0.6) is 0 Å². The van der Waals surface area contributed by atoms with E-state index in [1.165, 1.54) is 12.3 Å². The van der Waals surface area contributed by atoms with Gasteiger partial charge in [-0.1, -0.05) is 11.6 Å². The standard InChI is InChI=1S/C10H12ClN3O2S/c11-7-4-9-10(12-5-7)14-3-1-2-8(14)6-13-17(9,15)16/h4-5,8,13H,1-3,6H2/t8-/m1/s1. The zero-order chi connectivity index (χ0) is 12.0. The maximum Gasteiger partial charge on any atom is 0.244 e. The molecule has 0 bridgehead atoms. The molecule has 0 amide bonds. The fourth-order valence-corrected chi connectivity index (χ4v) is 3.92. The van der Waals surface area contributed by atoms with Gasteiger partial charge >= 0.3 is 0 Å². The van der Waals surface area contributed by atoms with Gasteiger partial charge in [0.2, 0.25) is 10.0 Å². The molecule has 0 aliphatic carbocycles. The second kappa shape index (κ2) is 3.83. The molecule has 3 rings (SSSR count). The first kappa shape index (κ1) is 11.3. The third-order valence-corrected chi connectivity index (χ3v) is 4.88. The fourth-order valence-electron chi connectivity index (χ4n) is 2.44. The van der Waals surface area contributed by atoms with E-state index >= 15 is 0 Å². The molecule has 5 nitrogen and oxygen atoms in total. The van der Waals surface area contributed by atoms with Crippen LogP contribution < -0.4 is 9.62 Å². The highest BCUT2D eigenvalue weighted by Gasteiger charge is 2.35. The zero-order valence-corrected chi connectivity index (χ0v) is 10.6. The molecular formula is C10H12ClN3O2S. The molecule has 1 aromatic heterocycles. The second-order valence-electron chi connectivity index (χ2n) is 4.32. The van der Waals surface area contributed by atoms with E-state index in [4.69, 9.17) is 11.6 Å². The quantitative estimate of drug-likeness (QED) is 0.766. The van der Waals surface area contributed by atoms with E-state index in [1.807, 2.05) is 0 Å². The van der Waals surface area contributed by atoms with Crippen molar-refractivity contribution in [3.05, 3.63) is 17.3 Å². The summed E-state index contributed by atoms with van der Waals surface area (Å²) in [4.78, 5) is 6.44. The monoisotopic (exact) mass is 273 g/mol. The molecule has 17 heavy (non-hydrogen) atoms. The number of rotatable bonds is 0. The number of anilines is 1. The minimum atomic E-state index is -3.48. The molecule has 1 fully saturated rings. The van der Waals surface area contributed by atoms with Gasteiger partial charge in [0.15, 0.2) is 0 Å². The number of fused-ring (bicyclic) bond motifs is 3. The number of pyridine rings is 1. The SMILES string of the molecule is O=S1(=O)NC[C@H]2CCCN2c2ncc(Cl)cc21. The van der Waals surface area contributed by atoms with Crippen molar-refractivity contribution in [3.63, 3.8) is 0 Å². The Kier molecular flexibility index (Phi) is 2.53. The average molecular weight is 274 g/mol. The van der Waals surface area contributed by atoms with Crippen LogP contribution in [0.3, 0.4) is 0 Å². The molecule has 1 atom stereocenters. The number of sulfonamides is 1. The Bertz CT molecular complexity index is 561. The van der Waals surface area contributed by atoms with Gasteiger partial charge in [-0.05, 0) is 18.9 Å². The Labute approximate surface area is 105 Å². The van der Waals surface area contributed by atoms with E-state index in [9.17, 15) is 8.42 Å². The third kappa shape index (κ3) is 1.80. The third-order valence-electron chi connectivity index (χ3n) is 3.25. The number of nitrogens with zero attached hydrogens (tertiary/aromatic N) is 2. The van der Waals surface area contributed by atoms with E-state index in [0.29, 0.717) is 17.4 Å². The predicted molar refractivity (Wildman–Crippen MR) is 64.8 cm³/mol. The Hall–Kier alpha value is -0.850. The summed E-state index contributed by atoms with van der Waals surface area (Å²) in [5, 5.41) is 0.340. The van der Waals surface area contributed by atoms with Crippen LogP contribution in [0.25, 0.3) is 0 Å². The second-order valence-corrected chi connectivity index (χ2v) is 6.49. The van der Waals surface area contributed by atoms with Gasteiger partial charge in [-0.25, -0.2) is 18.1 Å². The summed E-state index contributed by atoms with van der Waals surface area (Å²) in [6.07, 6.45) is 3.55. The summed E-state index contributed by atoms with van der Waals surface area (Å²) in [5.41, 5.74) is 0. The molecule has 92 valence electrons. The first-order valence-corrected chi connectivity index (χ1v) is 7.36. The van der Waals surface area contributed by atoms with Crippen LogP contribution in [0.15, 0.2) is 17.2 Å². The van der Waals surface area contributed by atoms with Crippen molar-refractivity contribution in [3.8, 4) is 0 Å². The summed E-state index contributed by atoms with van der Waals surface area (Å²) in [6, 6.07) is 1.67. The molecule has 0 radical (unpaired) electrons. The van der Waals surface area contributed by atoms with Crippen molar-refractivity contribution in [2.45, 2.75) is 23.8 Å². The largest absolute Gasteiger partial charge is 0.351 e. The smallest absolute Gasteiger partial charge is 0.244 e. The van der Waals surface area contributed by atoms with Crippen LogP contribution in [0.1, 0.15) is 12.8 Å². The van der Waals surface area contributed by atoms with Gasteiger partial charge in [-0.2, -0.15) is 0 Å². The molecule has 0 spiro atoms. The number of hydrogen-bond donors (Lipinski definition) is 1. The number of nitrogens with one attached hydrogen (secondary N) is 1. The van der Waals surface area contributed by atoms with Crippen LogP contribution in [0.4, 0.5) is 5.82 Å². The molecule has 0 unspecified atom stereocenters. The Morgan fingerprint density at radius 2 is 2.35 bits per heavy atom. The first-order chi connectivity index (χ1) is 8.08. The number of aromatic nitrogens is 1. The molecular weight excluding hydrogens is 262 g/mol. The van der Waals surface area contributed by atoms with Crippen molar-refractivity contribution in [1.29, 1.82) is 0 Å². The van der Waals surface area contributed by atoms with Gasteiger partial charge < -0.3 is 4.90 Å². The molecule has 3 heterocycles. The lowest BCUT2D eigenvalue weighted by Gasteiger charge is -2.23. The maximum atomic E-state index is 12.0. The van der Waals surface area contributed by atoms with E-state index in [-0.39, 0.29) is 10.9 Å². The summed E-state index contributed by atoms with van der Waals surface area (Å²) >= 11 is 5.83. The normalized spacial score (nSPS) is 26.2. The number of halogens is 1. The van der Waals surface area contributed by atoms with E-state index in [0.717, 1.165) is 19.4 Å². The highest BCUT2D eigenvalue weighted by Crippen LogP contribution is 2.33. The van der Waals surface area contributed by atoms with E-state index in [1.54, 1.807) is 0 Å². The molecule has 0 saturated carbocycles. The fraction of sp³-hybridized carbons (Fsp3) is 0.500. The van der Waals surface area contributed by atoms with E-state index in [2.05, 4.69) is 14.6 Å². The topological polar surface area (TPSA) is 62.3 Å². The van der Waals surface area contributed by atoms with Gasteiger partial charge in [0.05, 0.1) is 5.02 Å². The van der Waals surface area contributed by atoms with Gasteiger partial charge in [0.25, 0.3) is 0 Å². The average Bonchev–Trinajstić information content (AvgIpc) is 2.71. The van der Waals surface area contributed by atoms with E-state index < -0.39 is 10.0 Å². The Balaban J connectivity index is 2.22. The highest BCUT2D eigenvalue weighted by molar-refractivity contribution is 7.89. The van der Waals surface area contributed by atoms with Crippen molar-refractivity contribution in [2.24, 2.45) is 0 Å². The van der Waals surface area contributed by atoms with Gasteiger partial charge in [-0.15, -0.1) is 0 Å². The predicted octanol–water partition coefficient (Wildman–Crippen LogP) is 0.996. The molecule has 2 aliphatic rings. The summed E-state index contributed by atoms with van der Waals surface area (Å²) in [5.74, 6) is 0.530. The molecule has 1 saturated heterocycles. The van der Waals surface area contributed by atoms with Gasteiger partial charge in [0.1, 0.15) is 10.7 Å². The van der Waals surface area contributed by atoms with Crippen LogP contribution in [-0.2, 0) is 10.0 Å². The summed E-state index contributed by atoms with van der Waals surface area (Å²) in [7, 11) is -3.48. The molecule has 1 N–H and O–H groups in total. The zero-order valence-electron chi connectivity index (χ0n) is 9.06. The lowest BCUT2D eigenvalue weighted by molar-refractivity contribution is 0.575. The first-order valence-electron chi connectivity index (χ1n) is 5.50. The molecule has 7 heteroatoms. The van der Waals surface area contributed by atoms with Crippen LogP contribution in [0, 0.1) is 0 Å². The van der Waals surface area contributed by atoms with Gasteiger partial charge in [-0.3, -0.25) is 0 Å². The molecule has 1 aromatic rings. The lowest BCUT2D eigenvalue weighted by atomic mass is 10.2. The van der Waals surface area contributed by atoms with Crippen LogP contribution in [0.2, 0.25) is 5.02 Å². The van der Waals surface area contributed by atoms with Crippen LogP contribution in [-0.4, -0.2) is 32.5 Å². The highest BCUT2D eigenvalue weighted by atomic mass is 35.5.